The van der Waals surface area contributed by atoms with Crippen molar-refractivity contribution >= 4 is 17.4 Å². The first-order valence-electron chi connectivity index (χ1n) is 4.76. The molecule has 84 valence electrons. The minimum atomic E-state index is -1.20. The second-order valence-corrected chi connectivity index (χ2v) is 4.30. The maximum atomic E-state index is 13.6. The highest BCUT2D eigenvalue weighted by Gasteiger charge is 2.31. The monoisotopic (exact) mass is 239 g/mol. The molecule has 2 nitrogen and oxygen atoms in total. The van der Waals surface area contributed by atoms with Gasteiger partial charge < -0.3 is 0 Å². The van der Waals surface area contributed by atoms with Crippen LogP contribution in [0.5, 0.6) is 0 Å². The van der Waals surface area contributed by atoms with Crippen LogP contribution in [0.1, 0.15) is 19.4 Å². The molecule has 0 heterocycles. The average Bonchev–Trinajstić information content (AvgIpc) is 2.24. The molecule has 0 saturated heterocycles. The SMILES string of the molecule is CC(=O)C(C)(C#N)Cc1cccc(Cl)c1F. The van der Waals surface area contributed by atoms with Gasteiger partial charge >= 0.3 is 0 Å². The molecule has 0 aromatic heterocycles. The van der Waals surface area contributed by atoms with Crippen molar-refractivity contribution in [3.8, 4) is 6.07 Å². The third-order valence-electron chi connectivity index (χ3n) is 2.60. The Morgan fingerprint density at radius 3 is 2.75 bits per heavy atom. The second-order valence-electron chi connectivity index (χ2n) is 3.89. The molecule has 0 fully saturated rings. The van der Waals surface area contributed by atoms with E-state index in [2.05, 4.69) is 0 Å². The second kappa shape index (κ2) is 4.63. The predicted molar refractivity (Wildman–Crippen MR) is 59.5 cm³/mol. The summed E-state index contributed by atoms with van der Waals surface area (Å²) in [6.45, 7) is 2.82. The summed E-state index contributed by atoms with van der Waals surface area (Å²) in [6, 6.07) is 6.47. The average molecular weight is 240 g/mol. The zero-order chi connectivity index (χ0) is 12.3. The Morgan fingerprint density at radius 2 is 2.25 bits per heavy atom. The zero-order valence-electron chi connectivity index (χ0n) is 9.05. The summed E-state index contributed by atoms with van der Waals surface area (Å²) in [6.07, 6.45) is 0.0330. The molecule has 0 bridgehead atoms. The molecule has 1 aromatic carbocycles. The number of ketones is 1. The van der Waals surface area contributed by atoms with Crippen LogP contribution in [0.25, 0.3) is 0 Å². The van der Waals surface area contributed by atoms with Crippen LogP contribution in [0.15, 0.2) is 18.2 Å². The van der Waals surface area contributed by atoms with E-state index in [9.17, 15) is 9.18 Å². The van der Waals surface area contributed by atoms with Gasteiger partial charge in [-0.25, -0.2) is 4.39 Å². The fraction of sp³-hybridized carbons (Fsp3) is 0.333. The molecule has 0 aliphatic carbocycles. The fourth-order valence-corrected chi connectivity index (χ4v) is 1.50. The van der Waals surface area contributed by atoms with Crippen LogP contribution in [0.4, 0.5) is 4.39 Å². The van der Waals surface area contributed by atoms with Crippen LogP contribution in [0.2, 0.25) is 5.02 Å². The number of hydrogen-bond donors (Lipinski definition) is 0. The van der Waals surface area contributed by atoms with Crippen LogP contribution >= 0.6 is 11.6 Å². The topological polar surface area (TPSA) is 40.9 Å². The van der Waals surface area contributed by atoms with Crippen molar-refractivity contribution in [3.63, 3.8) is 0 Å². The lowest BCUT2D eigenvalue weighted by atomic mass is 9.81. The molecule has 16 heavy (non-hydrogen) atoms. The van der Waals surface area contributed by atoms with E-state index in [-0.39, 0.29) is 22.8 Å². The van der Waals surface area contributed by atoms with Gasteiger partial charge in [0.1, 0.15) is 17.0 Å². The van der Waals surface area contributed by atoms with E-state index in [0.717, 1.165) is 0 Å². The summed E-state index contributed by atoms with van der Waals surface area (Å²) in [7, 11) is 0. The van der Waals surface area contributed by atoms with Gasteiger partial charge in [0.2, 0.25) is 0 Å². The van der Waals surface area contributed by atoms with Gasteiger partial charge in [-0.15, -0.1) is 0 Å². The Labute approximate surface area is 98.6 Å². The highest BCUT2D eigenvalue weighted by Crippen LogP contribution is 2.27. The lowest BCUT2D eigenvalue weighted by molar-refractivity contribution is -0.123. The maximum absolute atomic E-state index is 13.6. The summed E-state index contributed by atoms with van der Waals surface area (Å²) in [5.74, 6) is -0.846. The summed E-state index contributed by atoms with van der Waals surface area (Å²) in [5.41, 5.74) is -0.919. The van der Waals surface area contributed by atoms with Crippen molar-refractivity contribution in [2.24, 2.45) is 5.41 Å². The minimum Gasteiger partial charge on any atom is -0.298 e. The lowest BCUT2D eigenvalue weighted by Gasteiger charge is -2.18. The molecule has 0 saturated carbocycles. The Hall–Kier alpha value is -1.40. The molecule has 0 N–H and O–H groups in total. The van der Waals surface area contributed by atoms with Crippen molar-refractivity contribution in [1.29, 1.82) is 5.26 Å². The molecule has 0 amide bonds. The van der Waals surface area contributed by atoms with Gasteiger partial charge in [0.05, 0.1) is 11.1 Å². The number of rotatable bonds is 3. The van der Waals surface area contributed by atoms with Gasteiger partial charge in [-0.2, -0.15) is 5.26 Å². The minimum absolute atomic E-state index is 0.00124. The van der Waals surface area contributed by atoms with Crippen LogP contribution in [-0.4, -0.2) is 5.78 Å². The number of halogens is 2. The van der Waals surface area contributed by atoms with Crippen molar-refractivity contribution < 1.29 is 9.18 Å². The zero-order valence-corrected chi connectivity index (χ0v) is 9.81. The quantitative estimate of drug-likeness (QED) is 0.813. The Morgan fingerprint density at radius 1 is 1.62 bits per heavy atom. The van der Waals surface area contributed by atoms with Gasteiger partial charge in [-0.05, 0) is 25.5 Å². The summed E-state index contributed by atoms with van der Waals surface area (Å²) in [5, 5.41) is 8.95. The first-order chi connectivity index (χ1) is 7.40. The molecule has 1 unspecified atom stereocenters. The number of carbonyl (C=O) groups is 1. The van der Waals surface area contributed by atoms with Crippen LogP contribution < -0.4 is 0 Å². The van der Waals surface area contributed by atoms with Crippen molar-refractivity contribution in [2.45, 2.75) is 20.3 Å². The maximum Gasteiger partial charge on any atom is 0.150 e. The van der Waals surface area contributed by atoms with Crippen molar-refractivity contribution in [1.82, 2.24) is 0 Å². The van der Waals surface area contributed by atoms with E-state index in [1.807, 2.05) is 6.07 Å². The van der Waals surface area contributed by atoms with E-state index in [0.29, 0.717) is 0 Å². The van der Waals surface area contributed by atoms with E-state index < -0.39 is 11.2 Å². The number of Topliss-reactive ketones (excluding diaryl/α,β-unsaturated/α-hetero) is 1. The van der Waals surface area contributed by atoms with Crippen molar-refractivity contribution in [2.75, 3.05) is 0 Å². The van der Waals surface area contributed by atoms with Crippen molar-refractivity contribution in [3.05, 3.63) is 34.6 Å². The Balaban J connectivity index is 3.10. The number of nitriles is 1. The van der Waals surface area contributed by atoms with Gasteiger partial charge in [0.25, 0.3) is 0 Å². The molecule has 1 atom stereocenters. The highest BCUT2D eigenvalue weighted by molar-refractivity contribution is 6.30. The Kier molecular flexibility index (Phi) is 3.66. The van der Waals surface area contributed by atoms with Crippen LogP contribution in [-0.2, 0) is 11.2 Å². The third-order valence-corrected chi connectivity index (χ3v) is 2.89. The van der Waals surface area contributed by atoms with E-state index >= 15 is 0 Å². The fourth-order valence-electron chi connectivity index (χ4n) is 1.31. The number of hydrogen-bond acceptors (Lipinski definition) is 2. The molecular formula is C12H11ClFNO. The summed E-state index contributed by atoms with van der Waals surface area (Å²) < 4.78 is 13.6. The third kappa shape index (κ3) is 2.40. The first-order valence-corrected chi connectivity index (χ1v) is 5.13. The standard InChI is InChI=1S/C12H11ClFNO/c1-8(16)12(2,7-15)6-9-4-3-5-10(13)11(9)14/h3-5H,6H2,1-2H3. The summed E-state index contributed by atoms with van der Waals surface area (Å²) >= 11 is 5.62. The number of carbonyl (C=O) groups excluding carboxylic acids is 1. The number of benzene rings is 1. The number of nitrogens with zero attached hydrogens (tertiary/aromatic N) is 1. The molecule has 0 aliphatic heterocycles. The molecular weight excluding hydrogens is 229 g/mol. The molecule has 1 aromatic rings. The Bertz CT molecular complexity index is 467. The van der Waals surface area contributed by atoms with E-state index in [4.69, 9.17) is 16.9 Å². The molecule has 0 radical (unpaired) electrons. The largest absolute Gasteiger partial charge is 0.298 e. The van der Waals surface area contributed by atoms with Crippen LogP contribution in [0.3, 0.4) is 0 Å². The highest BCUT2D eigenvalue weighted by atomic mass is 35.5. The smallest absolute Gasteiger partial charge is 0.150 e. The van der Waals surface area contributed by atoms with Gasteiger partial charge in [0.15, 0.2) is 0 Å². The molecule has 0 aliphatic rings. The predicted octanol–water partition coefficient (Wildman–Crippen LogP) is 3.14. The molecule has 4 heteroatoms. The lowest BCUT2D eigenvalue weighted by Crippen LogP contribution is -2.26. The molecule has 0 spiro atoms. The van der Waals surface area contributed by atoms with E-state index in [1.165, 1.54) is 26.0 Å². The van der Waals surface area contributed by atoms with Gasteiger partial charge in [-0.3, -0.25) is 4.79 Å². The summed E-state index contributed by atoms with van der Waals surface area (Å²) in [4.78, 5) is 11.3. The van der Waals surface area contributed by atoms with Crippen LogP contribution in [0, 0.1) is 22.6 Å². The van der Waals surface area contributed by atoms with Gasteiger partial charge in [-0.1, -0.05) is 23.7 Å². The molecule has 1 rings (SSSR count). The first kappa shape index (κ1) is 12.7. The normalized spacial score (nSPS) is 13.9. The van der Waals surface area contributed by atoms with Gasteiger partial charge in [0, 0.05) is 6.42 Å². The van der Waals surface area contributed by atoms with E-state index in [1.54, 1.807) is 6.07 Å².